The van der Waals surface area contributed by atoms with Gasteiger partial charge in [-0.1, -0.05) is 33.6 Å². The lowest BCUT2D eigenvalue weighted by Gasteiger charge is -2.36. The van der Waals surface area contributed by atoms with Crippen molar-refractivity contribution in [1.29, 1.82) is 0 Å². The topological polar surface area (TPSA) is 38.3 Å². The number of hydrogen-bond donors (Lipinski definition) is 1. The van der Waals surface area contributed by atoms with Crippen LogP contribution in [0.4, 0.5) is 0 Å². The smallest absolute Gasteiger partial charge is 0.322 e. The molecule has 16 heavy (non-hydrogen) atoms. The summed E-state index contributed by atoms with van der Waals surface area (Å²) in [4.78, 5) is 11.5. The fraction of sp³-hybridized carbons (Fsp3) is 0.923. The van der Waals surface area contributed by atoms with Crippen LogP contribution in [0.3, 0.4) is 0 Å². The first-order valence-corrected chi connectivity index (χ1v) is 6.44. The highest BCUT2D eigenvalue weighted by molar-refractivity contribution is 5.75. The molecule has 1 N–H and O–H groups in total. The van der Waals surface area contributed by atoms with Crippen LogP contribution in [0.1, 0.15) is 46.5 Å². The molecule has 0 aliphatic heterocycles. The standard InChI is InChI=1S/C13H25NO2/c1-5-11(13(15)16-4)14-12-8-6-7-9(2)10(12)3/h9-12,14H,5-8H2,1-4H3. The molecule has 0 spiro atoms. The minimum absolute atomic E-state index is 0.132. The Labute approximate surface area is 98.9 Å². The molecule has 1 fully saturated rings. The average Bonchev–Trinajstić information content (AvgIpc) is 2.30. The lowest BCUT2D eigenvalue weighted by Crippen LogP contribution is -2.48. The van der Waals surface area contributed by atoms with Crippen LogP contribution in [-0.2, 0) is 9.53 Å². The molecule has 1 aliphatic rings. The highest BCUT2D eigenvalue weighted by Gasteiger charge is 2.30. The van der Waals surface area contributed by atoms with Crippen LogP contribution < -0.4 is 5.32 Å². The summed E-state index contributed by atoms with van der Waals surface area (Å²) in [5, 5.41) is 3.46. The number of ether oxygens (including phenoxy) is 1. The van der Waals surface area contributed by atoms with E-state index in [-0.39, 0.29) is 12.0 Å². The van der Waals surface area contributed by atoms with Crippen molar-refractivity contribution in [1.82, 2.24) is 5.32 Å². The van der Waals surface area contributed by atoms with Gasteiger partial charge in [0.25, 0.3) is 0 Å². The van der Waals surface area contributed by atoms with Gasteiger partial charge in [-0.3, -0.25) is 4.79 Å². The first-order chi connectivity index (χ1) is 7.60. The Bertz CT molecular complexity index is 230. The minimum atomic E-state index is -0.136. The molecule has 0 saturated heterocycles. The molecule has 4 unspecified atom stereocenters. The molecule has 0 aromatic rings. The van der Waals surface area contributed by atoms with Crippen LogP contribution in [0, 0.1) is 11.8 Å². The van der Waals surface area contributed by atoms with Crippen LogP contribution in [0.5, 0.6) is 0 Å². The third kappa shape index (κ3) is 3.21. The summed E-state index contributed by atoms with van der Waals surface area (Å²) in [6.07, 6.45) is 4.55. The molecule has 1 saturated carbocycles. The molecule has 4 atom stereocenters. The van der Waals surface area contributed by atoms with Gasteiger partial charge in [-0.05, 0) is 24.7 Å². The Hall–Kier alpha value is -0.570. The van der Waals surface area contributed by atoms with Crippen molar-refractivity contribution < 1.29 is 9.53 Å². The largest absolute Gasteiger partial charge is 0.468 e. The zero-order valence-corrected chi connectivity index (χ0v) is 11.0. The predicted molar refractivity (Wildman–Crippen MR) is 65.2 cm³/mol. The lowest BCUT2D eigenvalue weighted by atomic mass is 9.78. The van der Waals surface area contributed by atoms with Crippen molar-refractivity contribution in [3.63, 3.8) is 0 Å². The van der Waals surface area contributed by atoms with E-state index in [4.69, 9.17) is 4.74 Å². The van der Waals surface area contributed by atoms with Gasteiger partial charge in [0.2, 0.25) is 0 Å². The van der Waals surface area contributed by atoms with Gasteiger partial charge in [-0.2, -0.15) is 0 Å². The third-order valence-corrected chi connectivity index (χ3v) is 4.02. The quantitative estimate of drug-likeness (QED) is 0.749. The summed E-state index contributed by atoms with van der Waals surface area (Å²) in [7, 11) is 1.46. The van der Waals surface area contributed by atoms with Crippen LogP contribution >= 0.6 is 0 Å². The Morgan fingerprint density at radius 3 is 2.69 bits per heavy atom. The summed E-state index contributed by atoms with van der Waals surface area (Å²) in [5.41, 5.74) is 0. The van der Waals surface area contributed by atoms with Gasteiger partial charge < -0.3 is 10.1 Å². The molecule has 0 heterocycles. The molecule has 0 bridgehead atoms. The van der Waals surface area contributed by atoms with Crippen molar-refractivity contribution in [3.05, 3.63) is 0 Å². The average molecular weight is 227 g/mol. The van der Waals surface area contributed by atoms with Crippen LogP contribution in [0.2, 0.25) is 0 Å². The Balaban J connectivity index is 2.53. The van der Waals surface area contributed by atoms with Crippen LogP contribution in [0.15, 0.2) is 0 Å². The Morgan fingerprint density at radius 1 is 1.44 bits per heavy atom. The SMILES string of the molecule is CCC(NC1CCCC(C)C1C)C(=O)OC. The van der Waals surface area contributed by atoms with Gasteiger partial charge >= 0.3 is 5.97 Å². The fourth-order valence-electron chi connectivity index (χ4n) is 2.57. The Kier molecular flexibility index (Phi) is 5.26. The molecule has 0 radical (unpaired) electrons. The van der Waals surface area contributed by atoms with E-state index in [0.29, 0.717) is 12.0 Å². The van der Waals surface area contributed by atoms with E-state index < -0.39 is 0 Å². The second-order valence-corrected chi connectivity index (χ2v) is 5.02. The zero-order valence-electron chi connectivity index (χ0n) is 11.0. The highest BCUT2D eigenvalue weighted by Crippen LogP contribution is 2.29. The second kappa shape index (κ2) is 6.24. The molecular weight excluding hydrogens is 202 g/mol. The molecule has 1 aliphatic carbocycles. The maximum Gasteiger partial charge on any atom is 0.322 e. The van der Waals surface area contributed by atoms with E-state index >= 15 is 0 Å². The molecule has 3 heteroatoms. The Morgan fingerprint density at radius 2 is 2.12 bits per heavy atom. The monoisotopic (exact) mass is 227 g/mol. The summed E-state index contributed by atoms with van der Waals surface area (Å²) >= 11 is 0. The predicted octanol–water partition coefficient (Wildman–Crippen LogP) is 2.35. The van der Waals surface area contributed by atoms with Gasteiger partial charge in [0.15, 0.2) is 0 Å². The molecule has 94 valence electrons. The minimum Gasteiger partial charge on any atom is -0.468 e. The van der Waals surface area contributed by atoms with E-state index in [1.54, 1.807) is 0 Å². The summed E-state index contributed by atoms with van der Waals surface area (Å²) < 4.78 is 4.81. The first kappa shape index (κ1) is 13.5. The van der Waals surface area contributed by atoms with Gasteiger partial charge in [0.1, 0.15) is 6.04 Å². The number of methoxy groups -OCH3 is 1. The van der Waals surface area contributed by atoms with Crippen molar-refractivity contribution in [2.24, 2.45) is 11.8 Å². The van der Waals surface area contributed by atoms with Crippen LogP contribution in [-0.4, -0.2) is 25.2 Å². The number of carbonyl (C=O) groups is 1. The second-order valence-electron chi connectivity index (χ2n) is 5.02. The van der Waals surface area contributed by atoms with Crippen molar-refractivity contribution in [3.8, 4) is 0 Å². The number of rotatable bonds is 4. The molecule has 0 aromatic heterocycles. The van der Waals surface area contributed by atoms with Gasteiger partial charge in [0, 0.05) is 6.04 Å². The summed E-state index contributed by atoms with van der Waals surface area (Å²) in [6, 6.07) is 0.329. The maximum absolute atomic E-state index is 11.5. The van der Waals surface area contributed by atoms with Gasteiger partial charge in [-0.15, -0.1) is 0 Å². The van der Waals surface area contributed by atoms with Gasteiger partial charge in [-0.25, -0.2) is 0 Å². The molecule has 0 amide bonds. The molecule has 1 rings (SSSR count). The van der Waals surface area contributed by atoms with E-state index in [0.717, 1.165) is 12.3 Å². The highest BCUT2D eigenvalue weighted by atomic mass is 16.5. The molecule has 0 aromatic carbocycles. The molecular formula is C13H25NO2. The third-order valence-electron chi connectivity index (χ3n) is 4.02. The number of carbonyl (C=O) groups excluding carboxylic acids is 1. The van der Waals surface area contributed by atoms with E-state index in [1.165, 1.54) is 26.4 Å². The van der Waals surface area contributed by atoms with Gasteiger partial charge in [0.05, 0.1) is 7.11 Å². The van der Waals surface area contributed by atoms with E-state index in [9.17, 15) is 4.79 Å². The zero-order chi connectivity index (χ0) is 12.1. The fourth-order valence-corrected chi connectivity index (χ4v) is 2.57. The molecule has 3 nitrogen and oxygen atoms in total. The number of esters is 1. The van der Waals surface area contributed by atoms with Crippen molar-refractivity contribution >= 4 is 5.97 Å². The van der Waals surface area contributed by atoms with Crippen LogP contribution in [0.25, 0.3) is 0 Å². The van der Waals surface area contributed by atoms with Crippen molar-refractivity contribution in [2.75, 3.05) is 7.11 Å². The van der Waals surface area contributed by atoms with E-state index in [1.807, 2.05) is 6.92 Å². The first-order valence-electron chi connectivity index (χ1n) is 6.44. The maximum atomic E-state index is 11.5. The summed E-state index contributed by atoms with van der Waals surface area (Å²) in [6.45, 7) is 6.61. The number of nitrogens with one attached hydrogen (secondary N) is 1. The normalized spacial score (nSPS) is 32.1. The van der Waals surface area contributed by atoms with Crippen molar-refractivity contribution in [2.45, 2.75) is 58.5 Å². The lowest BCUT2D eigenvalue weighted by molar-refractivity contribution is -0.143. The van der Waals surface area contributed by atoms with E-state index in [2.05, 4.69) is 19.2 Å². The number of hydrogen-bond acceptors (Lipinski definition) is 3. The summed E-state index contributed by atoms with van der Waals surface area (Å²) in [5.74, 6) is 1.27.